The summed E-state index contributed by atoms with van der Waals surface area (Å²) in [6.45, 7) is 9.60. The normalized spacial score (nSPS) is 54.8. The lowest BCUT2D eigenvalue weighted by atomic mass is 9.45. The van der Waals surface area contributed by atoms with Crippen molar-refractivity contribution < 1.29 is 9.84 Å². The van der Waals surface area contributed by atoms with Crippen molar-refractivity contribution in [2.75, 3.05) is 0 Å². The molecular weight excluding hydrogens is 224 g/mol. The highest BCUT2D eigenvalue weighted by Crippen LogP contribution is 2.65. The van der Waals surface area contributed by atoms with Crippen LogP contribution in [0.5, 0.6) is 0 Å². The highest BCUT2D eigenvalue weighted by atomic mass is 16.6. The van der Waals surface area contributed by atoms with Crippen LogP contribution in [0.25, 0.3) is 0 Å². The van der Waals surface area contributed by atoms with Crippen molar-refractivity contribution in [1.82, 2.24) is 0 Å². The fourth-order valence-electron chi connectivity index (χ4n) is 5.83. The van der Waals surface area contributed by atoms with Gasteiger partial charge >= 0.3 is 0 Å². The molecule has 1 N–H and O–H groups in total. The van der Waals surface area contributed by atoms with E-state index >= 15 is 0 Å². The Labute approximate surface area is 111 Å². The molecule has 0 aromatic heterocycles. The third kappa shape index (κ3) is 1.61. The summed E-state index contributed by atoms with van der Waals surface area (Å²) in [7, 11) is 0. The van der Waals surface area contributed by atoms with Gasteiger partial charge in [-0.1, -0.05) is 27.2 Å². The summed E-state index contributed by atoms with van der Waals surface area (Å²) in [5.41, 5.74) is 0.756. The van der Waals surface area contributed by atoms with Crippen LogP contribution in [0, 0.1) is 22.7 Å². The number of aliphatic hydroxyl groups excluding tert-OH is 1. The summed E-state index contributed by atoms with van der Waals surface area (Å²) in [4.78, 5) is 0. The van der Waals surface area contributed by atoms with E-state index in [4.69, 9.17) is 4.74 Å². The van der Waals surface area contributed by atoms with E-state index in [1.165, 1.54) is 25.7 Å². The largest absolute Gasteiger partial charge is 0.368 e. The first-order chi connectivity index (χ1) is 8.28. The fraction of sp³-hybridized carbons (Fsp3) is 1.00. The molecule has 2 nitrogen and oxygen atoms in total. The first kappa shape index (κ1) is 12.9. The van der Waals surface area contributed by atoms with Crippen LogP contribution >= 0.6 is 0 Å². The molecule has 104 valence electrons. The molecule has 0 aromatic rings. The van der Waals surface area contributed by atoms with E-state index in [0.29, 0.717) is 16.7 Å². The van der Waals surface area contributed by atoms with Gasteiger partial charge in [-0.3, -0.25) is 0 Å². The summed E-state index contributed by atoms with van der Waals surface area (Å²) >= 11 is 0. The summed E-state index contributed by atoms with van der Waals surface area (Å²) in [5, 5.41) is 9.94. The summed E-state index contributed by atoms with van der Waals surface area (Å²) in [6.07, 6.45) is 6.72. The van der Waals surface area contributed by atoms with Crippen LogP contribution in [0.2, 0.25) is 0 Å². The average Bonchev–Trinajstić information content (AvgIpc) is 2.53. The zero-order chi connectivity index (χ0) is 13.2. The van der Waals surface area contributed by atoms with E-state index in [-0.39, 0.29) is 5.60 Å². The van der Waals surface area contributed by atoms with Crippen LogP contribution in [0.1, 0.15) is 66.2 Å². The Hall–Kier alpha value is -0.0800. The molecule has 18 heavy (non-hydrogen) atoms. The van der Waals surface area contributed by atoms with E-state index < -0.39 is 6.29 Å². The maximum atomic E-state index is 9.94. The van der Waals surface area contributed by atoms with Gasteiger partial charge in [-0.15, -0.1) is 0 Å². The van der Waals surface area contributed by atoms with Crippen LogP contribution in [0.3, 0.4) is 0 Å². The minimum absolute atomic E-state index is 0.0713. The molecule has 5 atom stereocenters. The minimum Gasteiger partial charge on any atom is -0.368 e. The summed E-state index contributed by atoms with van der Waals surface area (Å²) in [5.74, 6) is 1.34. The van der Waals surface area contributed by atoms with Crippen LogP contribution in [-0.4, -0.2) is 17.0 Å². The Morgan fingerprint density at radius 3 is 2.44 bits per heavy atom. The molecule has 0 bridgehead atoms. The molecular formula is C16H28O2. The van der Waals surface area contributed by atoms with Gasteiger partial charge < -0.3 is 9.84 Å². The Morgan fingerprint density at radius 1 is 1.00 bits per heavy atom. The quantitative estimate of drug-likeness (QED) is 0.712. The van der Waals surface area contributed by atoms with Crippen LogP contribution in [0.4, 0.5) is 0 Å². The fourth-order valence-corrected chi connectivity index (χ4v) is 5.83. The van der Waals surface area contributed by atoms with Crippen molar-refractivity contribution in [1.29, 1.82) is 0 Å². The van der Waals surface area contributed by atoms with Gasteiger partial charge in [0.15, 0.2) is 6.29 Å². The monoisotopic (exact) mass is 252 g/mol. The van der Waals surface area contributed by atoms with Crippen molar-refractivity contribution in [3.63, 3.8) is 0 Å². The van der Waals surface area contributed by atoms with Crippen LogP contribution in [0.15, 0.2) is 0 Å². The van der Waals surface area contributed by atoms with Crippen molar-refractivity contribution in [3.8, 4) is 0 Å². The highest BCUT2D eigenvalue weighted by molar-refractivity contribution is 5.10. The molecule has 0 aromatic carbocycles. The number of aliphatic hydroxyl groups is 1. The predicted octanol–water partition coefficient (Wildman–Crippen LogP) is 3.73. The molecule has 1 aliphatic heterocycles. The molecule has 1 saturated heterocycles. The topological polar surface area (TPSA) is 29.5 Å². The third-order valence-corrected chi connectivity index (χ3v) is 6.58. The van der Waals surface area contributed by atoms with Crippen molar-refractivity contribution in [2.45, 2.75) is 78.1 Å². The van der Waals surface area contributed by atoms with Gasteiger partial charge in [-0.05, 0) is 55.3 Å². The lowest BCUT2D eigenvalue weighted by molar-refractivity contribution is -0.181. The molecule has 2 saturated carbocycles. The number of hydrogen-bond donors (Lipinski definition) is 1. The van der Waals surface area contributed by atoms with E-state index in [1.807, 2.05) is 0 Å². The van der Waals surface area contributed by atoms with Crippen molar-refractivity contribution in [3.05, 3.63) is 0 Å². The Bertz CT molecular complexity index is 351. The van der Waals surface area contributed by atoms with Crippen molar-refractivity contribution >= 4 is 0 Å². The van der Waals surface area contributed by atoms with Gasteiger partial charge in [0, 0.05) is 6.42 Å². The highest BCUT2D eigenvalue weighted by Gasteiger charge is 2.61. The zero-order valence-corrected chi connectivity index (χ0v) is 12.3. The lowest BCUT2D eigenvalue weighted by Crippen LogP contribution is -2.55. The number of fused-ring (bicyclic) bond motifs is 3. The van der Waals surface area contributed by atoms with Gasteiger partial charge in [0.05, 0.1) is 5.60 Å². The number of rotatable bonds is 0. The molecule has 1 heterocycles. The summed E-state index contributed by atoms with van der Waals surface area (Å²) < 4.78 is 5.89. The number of ether oxygens (including phenoxy) is 1. The average molecular weight is 252 g/mol. The zero-order valence-electron chi connectivity index (χ0n) is 12.3. The predicted molar refractivity (Wildman–Crippen MR) is 72.1 cm³/mol. The Balaban J connectivity index is 1.98. The first-order valence-corrected chi connectivity index (χ1v) is 7.64. The van der Waals surface area contributed by atoms with E-state index in [2.05, 4.69) is 27.7 Å². The Kier molecular flexibility index (Phi) is 2.68. The van der Waals surface area contributed by atoms with Crippen LogP contribution in [-0.2, 0) is 4.74 Å². The molecule has 3 fully saturated rings. The van der Waals surface area contributed by atoms with Crippen molar-refractivity contribution in [2.24, 2.45) is 22.7 Å². The molecule has 0 amide bonds. The van der Waals surface area contributed by atoms with Gasteiger partial charge in [0.1, 0.15) is 0 Å². The molecule has 3 unspecified atom stereocenters. The first-order valence-electron chi connectivity index (χ1n) is 7.64. The van der Waals surface area contributed by atoms with Gasteiger partial charge in [-0.2, -0.15) is 0 Å². The standard InChI is InChI=1S/C16H28O2/c1-14(2)7-5-8-15(3)11(14)6-9-16(4)12(15)10-13(17)18-16/h11-13,17H,5-10H2,1-4H3/t11?,12?,13?,15-,16+/m0/s1. The lowest BCUT2D eigenvalue weighted by Gasteiger charge is -2.60. The van der Waals surface area contributed by atoms with E-state index in [1.54, 1.807) is 0 Å². The van der Waals surface area contributed by atoms with Gasteiger partial charge in [0.2, 0.25) is 0 Å². The second-order valence-electron chi connectivity index (χ2n) is 8.11. The minimum atomic E-state index is -0.527. The molecule has 3 rings (SSSR count). The molecule has 2 heteroatoms. The van der Waals surface area contributed by atoms with E-state index in [0.717, 1.165) is 18.8 Å². The van der Waals surface area contributed by atoms with Gasteiger partial charge in [-0.25, -0.2) is 0 Å². The molecule has 0 spiro atoms. The number of hydrogen-bond acceptors (Lipinski definition) is 2. The molecule has 2 aliphatic carbocycles. The Morgan fingerprint density at radius 2 is 1.72 bits per heavy atom. The smallest absolute Gasteiger partial charge is 0.155 e. The third-order valence-electron chi connectivity index (χ3n) is 6.58. The van der Waals surface area contributed by atoms with Crippen LogP contribution < -0.4 is 0 Å². The second-order valence-corrected chi connectivity index (χ2v) is 8.11. The van der Waals surface area contributed by atoms with Gasteiger partial charge in [0.25, 0.3) is 0 Å². The molecule has 3 aliphatic rings. The summed E-state index contributed by atoms with van der Waals surface area (Å²) in [6, 6.07) is 0. The SMILES string of the molecule is CC1(C)CCC[C@@]2(C)C1CC[C@@]1(C)OC(O)CC21. The maximum Gasteiger partial charge on any atom is 0.155 e. The maximum absolute atomic E-state index is 9.94. The molecule has 0 radical (unpaired) electrons. The second kappa shape index (κ2) is 3.73. The van der Waals surface area contributed by atoms with E-state index in [9.17, 15) is 5.11 Å².